The molecule has 5 aliphatic heterocycles. The predicted molar refractivity (Wildman–Crippen MR) is 167 cm³/mol. The van der Waals surface area contributed by atoms with Crippen molar-refractivity contribution in [3.8, 4) is 0 Å². The molecule has 0 N–H and O–H groups in total. The predicted octanol–water partition coefficient (Wildman–Crippen LogP) is 7.12. The molecule has 2 fully saturated rings. The zero-order valence-corrected chi connectivity index (χ0v) is 23.9. The number of guanidine groups is 2. The zero-order chi connectivity index (χ0) is 26.5. The topological polar surface area (TPSA) is 37.7 Å². The third-order valence-electron chi connectivity index (χ3n) is 9.82. The van der Waals surface area contributed by atoms with Gasteiger partial charge >= 0.3 is 0 Å². The van der Waals surface area contributed by atoms with Crippen molar-refractivity contribution < 1.29 is 0 Å². The Morgan fingerprint density at radius 1 is 0.775 bits per heavy atom. The van der Waals surface area contributed by atoms with E-state index in [9.17, 15) is 0 Å². The molecule has 2 aromatic carbocycles. The highest BCUT2D eigenvalue weighted by atomic mass is 15.4. The highest BCUT2D eigenvalue weighted by molar-refractivity contribution is 6.20. The van der Waals surface area contributed by atoms with Gasteiger partial charge in [-0.25, -0.2) is 9.98 Å². The quantitative estimate of drug-likeness (QED) is 0.288. The summed E-state index contributed by atoms with van der Waals surface area (Å²) in [4.78, 5) is 21.5. The van der Waals surface area contributed by atoms with Crippen molar-refractivity contribution in [2.45, 2.75) is 77.0 Å². The molecule has 0 unspecified atom stereocenters. The monoisotopic (exact) mass is 534 g/mol. The Hall–Kier alpha value is -3.28. The van der Waals surface area contributed by atoms with Crippen molar-refractivity contribution in [1.29, 1.82) is 0 Å². The van der Waals surface area contributed by atoms with Crippen LogP contribution in [0.15, 0.2) is 40.5 Å². The van der Waals surface area contributed by atoms with Crippen molar-refractivity contribution in [3.05, 3.63) is 47.2 Å². The van der Waals surface area contributed by atoms with E-state index in [0.29, 0.717) is 0 Å². The fourth-order valence-electron chi connectivity index (χ4n) is 7.83. The van der Waals surface area contributed by atoms with Crippen LogP contribution < -0.4 is 4.90 Å². The number of allylic oxidation sites excluding steroid dienone is 2. The average molecular weight is 535 g/mol. The summed E-state index contributed by atoms with van der Waals surface area (Å²) in [7, 11) is 0. The second kappa shape index (κ2) is 10.3. The van der Waals surface area contributed by atoms with Gasteiger partial charge < -0.3 is 19.6 Å². The Balaban J connectivity index is 1.40. The Morgan fingerprint density at radius 3 is 2.45 bits per heavy atom. The molecule has 2 saturated heterocycles. The smallest absolute Gasteiger partial charge is 0.206 e. The van der Waals surface area contributed by atoms with Crippen LogP contribution in [0.5, 0.6) is 0 Å². The summed E-state index contributed by atoms with van der Waals surface area (Å²) in [5, 5.41) is 2.71. The summed E-state index contributed by atoms with van der Waals surface area (Å²) < 4.78 is 0. The number of piperidine rings is 2. The highest BCUT2D eigenvalue weighted by Crippen LogP contribution is 2.52. The van der Waals surface area contributed by atoms with E-state index in [0.717, 1.165) is 82.3 Å². The molecule has 0 amide bonds. The number of rotatable bonds is 1. The summed E-state index contributed by atoms with van der Waals surface area (Å²) in [6.07, 6.45) is 23.8. The van der Waals surface area contributed by atoms with Crippen LogP contribution in [-0.4, -0.2) is 65.9 Å². The minimum Gasteiger partial charge on any atom is -0.342 e. The van der Waals surface area contributed by atoms with Gasteiger partial charge in [-0.2, -0.15) is 0 Å². The van der Waals surface area contributed by atoms with Crippen LogP contribution >= 0.6 is 0 Å². The molecule has 0 atom stereocenters. The summed E-state index contributed by atoms with van der Waals surface area (Å²) >= 11 is 0. The summed E-state index contributed by atoms with van der Waals surface area (Å²) in [6, 6.07) is 4.81. The van der Waals surface area contributed by atoms with Gasteiger partial charge in [-0.1, -0.05) is 30.4 Å². The van der Waals surface area contributed by atoms with Crippen LogP contribution in [0.1, 0.15) is 80.9 Å². The van der Waals surface area contributed by atoms with Crippen molar-refractivity contribution in [1.82, 2.24) is 14.7 Å². The minimum absolute atomic E-state index is 1.03. The number of aliphatic imine (C=N–C) groups is 2. The number of nitrogens with zero attached hydrogens (tertiary/aromatic N) is 6. The maximum absolute atomic E-state index is 5.73. The Labute approximate surface area is 238 Å². The Kier molecular flexibility index (Phi) is 6.30. The van der Waals surface area contributed by atoms with Crippen LogP contribution in [0.25, 0.3) is 16.8 Å². The van der Waals surface area contributed by atoms with Gasteiger partial charge in [0.2, 0.25) is 11.9 Å². The summed E-state index contributed by atoms with van der Waals surface area (Å²) in [6.45, 7) is 6.52. The van der Waals surface area contributed by atoms with Crippen LogP contribution in [0.2, 0.25) is 0 Å². The first kappa shape index (κ1) is 24.5. The summed E-state index contributed by atoms with van der Waals surface area (Å²) in [5.41, 5.74) is 7.95. The number of likely N-dealkylation sites (tertiary alicyclic amines) is 2. The molecule has 0 spiro atoms. The van der Waals surface area contributed by atoms with Crippen LogP contribution in [0, 0.1) is 0 Å². The van der Waals surface area contributed by atoms with Gasteiger partial charge in [0.1, 0.15) is 5.69 Å². The molecular formula is C34H42N6. The molecule has 208 valence electrons. The fourth-order valence-corrected chi connectivity index (χ4v) is 7.83. The SMILES string of the molecule is C1=CN(C(=Nc2c3c(c4ccc5c6c4c2N=C(N2CCCCC2)N6CCC5)C=CCC3)N2CCCCC2)CCC1. The van der Waals surface area contributed by atoms with Gasteiger partial charge in [0.25, 0.3) is 0 Å². The average Bonchev–Trinajstić information content (AvgIpc) is 3.04. The molecule has 6 nitrogen and oxygen atoms in total. The van der Waals surface area contributed by atoms with Crippen molar-refractivity contribution in [2.75, 3.05) is 44.2 Å². The first-order chi connectivity index (χ1) is 19.9. The number of aryl methyl sites for hydroxylation is 1. The first-order valence-corrected chi connectivity index (χ1v) is 16.1. The lowest BCUT2D eigenvalue weighted by molar-refractivity contribution is 0.302. The molecule has 8 rings (SSSR count). The number of hydrogen-bond donors (Lipinski definition) is 0. The molecule has 40 heavy (non-hydrogen) atoms. The van der Waals surface area contributed by atoms with Gasteiger partial charge in [0, 0.05) is 50.9 Å². The Morgan fingerprint density at radius 2 is 1.62 bits per heavy atom. The lowest BCUT2D eigenvalue weighted by Gasteiger charge is -2.42. The number of fused-ring (bicyclic) bond motifs is 2. The van der Waals surface area contributed by atoms with E-state index in [-0.39, 0.29) is 0 Å². The van der Waals surface area contributed by atoms with Gasteiger partial charge in [0.05, 0.1) is 11.4 Å². The van der Waals surface area contributed by atoms with Crippen molar-refractivity contribution in [2.24, 2.45) is 9.98 Å². The standard InChI is InChI=1S/C34H42N6/c1-6-18-37(19-7-1)33(38-20-8-2-9-21-38)35-30-28-15-5-4-14-26(28)27-17-16-25-13-12-24-40-32(25)29(27)31(30)36-34(40)39-22-10-3-11-23-39/h4,6,14,16-18H,1-3,5,7-13,15,19-24H2. The first-order valence-electron chi connectivity index (χ1n) is 16.1. The fraction of sp³-hybridized carbons (Fsp3) is 0.529. The van der Waals surface area contributed by atoms with Crippen LogP contribution in [0.3, 0.4) is 0 Å². The maximum atomic E-state index is 5.73. The van der Waals surface area contributed by atoms with Crippen molar-refractivity contribution >= 4 is 45.8 Å². The maximum Gasteiger partial charge on any atom is 0.206 e. The molecule has 6 aliphatic rings. The van der Waals surface area contributed by atoms with E-state index < -0.39 is 0 Å². The number of hydrogen-bond acceptors (Lipinski definition) is 4. The van der Waals surface area contributed by atoms with Crippen LogP contribution in [-0.2, 0) is 12.8 Å². The minimum atomic E-state index is 1.03. The summed E-state index contributed by atoms with van der Waals surface area (Å²) in [5.74, 6) is 2.32. The van der Waals surface area contributed by atoms with E-state index in [1.165, 1.54) is 90.5 Å². The van der Waals surface area contributed by atoms with Gasteiger partial charge in [0.15, 0.2) is 0 Å². The third kappa shape index (κ3) is 4.05. The van der Waals surface area contributed by atoms with Gasteiger partial charge in [-0.05, 0) is 99.1 Å². The number of anilines is 1. The molecule has 1 aliphatic carbocycles. The van der Waals surface area contributed by atoms with Gasteiger partial charge in [-0.3, -0.25) is 0 Å². The van der Waals surface area contributed by atoms with E-state index in [2.05, 4.69) is 56.2 Å². The van der Waals surface area contributed by atoms with Gasteiger partial charge in [-0.15, -0.1) is 0 Å². The molecular weight excluding hydrogens is 492 g/mol. The van der Waals surface area contributed by atoms with E-state index in [1.807, 2.05) is 0 Å². The lowest BCUT2D eigenvalue weighted by Crippen LogP contribution is -2.49. The molecule has 6 heteroatoms. The van der Waals surface area contributed by atoms with E-state index >= 15 is 0 Å². The third-order valence-corrected chi connectivity index (χ3v) is 9.82. The van der Waals surface area contributed by atoms with Crippen molar-refractivity contribution in [3.63, 3.8) is 0 Å². The van der Waals surface area contributed by atoms with Crippen LogP contribution in [0.4, 0.5) is 17.1 Å². The van der Waals surface area contributed by atoms with E-state index in [4.69, 9.17) is 9.98 Å². The Bertz CT molecular complexity index is 1440. The lowest BCUT2D eigenvalue weighted by atomic mass is 9.85. The normalized spacial score (nSPS) is 22.6. The molecule has 0 aromatic heterocycles. The largest absolute Gasteiger partial charge is 0.342 e. The second-order valence-electron chi connectivity index (χ2n) is 12.4. The molecule has 5 heterocycles. The zero-order valence-electron chi connectivity index (χ0n) is 23.9. The van der Waals surface area contributed by atoms with E-state index in [1.54, 1.807) is 0 Å². The molecule has 0 radical (unpaired) electrons. The number of benzene rings is 2. The highest BCUT2D eigenvalue weighted by Gasteiger charge is 2.35. The molecule has 0 bridgehead atoms. The molecule has 2 aromatic rings. The second-order valence-corrected chi connectivity index (χ2v) is 12.4. The molecule has 0 saturated carbocycles.